The number of anilines is 1. The smallest absolute Gasteiger partial charge is 0.316 e. The van der Waals surface area contributed by atoms with E-state index in [0.29, 0.717) is 5.69 Å². The van der Waals surface area contributed by atoms with Gasteiger partial charge in [0.15, 0.2) is 0 Å². The summed E-state index contributed by atoms with van der Waals surface area (Å²) in [5.41, 5.74) is 8.22. The highest BCUT2D eigenvalue weighted by molar-refractivity contribution is 5.87. The van der Waals surface area contributed by atoms with Gasteiger partial charge in [-0.1, -0.05) is 12.1 Å². The first kappa shape index (κ1) is 15.0. The number of nitrogens with zero attached hydrogens (tertiary/aromatic N) is 1. The number of rotatable bonds is 6. The van der Waals surface area contributed by atoms with Crippen LogP contribution in [0.1, 0.15) is 24.1 Å². The molecule has 0 aliphatic rings. The molecule has 0 aliphatic carbocycles. The van der Waals surface area contributed by atoms with Gasteiger partial charge in [0.25, 0.3) is 0 Å². The van der Waals surface area contributed by atoms with Crippen LogP contribution in [0, 0.1) is 0 Å². The number of nitrogens with two attached hydrogens (primary N) is 1. The van der Waals surface area contributed by atoms with E-state index in [1.165, 1.54) is 11.1 Å². The van der Waals surface area contributed by atoms with E-state index in [2.05, 4.69) is 22.5 Å². The maximum Gasteiger partial charge on any atom is 0.316 e. The average molecular weight is 284 g/mol. The molecule has 1 heterocycles. The Bertz CT molecular complexity index is 569. The standard InChI is InChI=1S/C16H20N4O/c1-12(19-11-8-13-6-9-18-10-7-13)14-2-4-15(5-3-14)20-16(17)21/h2-7,9-10,12,19H,8,11H2,1H3,(H3,17,20,21). The van der Waals surface area contributed by atoms with Gasteiger partial charge in [0, 0.05) is 24.1 Å². The molecule has 1 atom stereocenters. The van der Waals surface area contributed by atoms with Crippen LogP contribution in [0.3, 0.4) is 0 Å². The van der Waals surface area contributed by atoms with Gasteiger partial charge >= 0.3 is 6.03 Å². The van der Waals surface area contributed by atoms with Gasteiger partial charge in [0.05, 0.1) is 0 Å². The zero-order valence-electron chi connectivity index (χ0n) is 12.0. The molecular weight excluding hydrogens is 264 g/mol. The third-order valence-electron chi connectivity index (χ3n) is 3.29. The van der Waals surface area contributed by atoms with Gasteiger partial charge in [0.2, 0.25) is 0 Å². The predicted molar refractivity (Wildman–Crippen MR) is 84.0 cm³/mol. The first-order valence-electron chi connectivity index (χ1n) is 6.94. The molecule has 0 aliphatic heterocycles. The molecule has 1 unspecified atom stereocenters. The maximum atomic E-state index is 10.8. The summed E-state index contributed by atoms with van der Waals surface area (Å²) in [6, 6.07) is 11.4. The van der Waals surface area contributed by atoms with Gasteiger partial charge in [-0.15, -0.1) is 0 Å². The summed E-state index contributed by atoms with van der Waals surface area (Å²) in [5, 5.41) is 6.02. The predicted octanol–water partition coefficient (Wildman–Crippen LogP) is 2.47. The Balaban J connectivity index is 1.82. The van der Waals surface area contributed by atoms with Crippen LogP contribution in [0.25, 0.3) is 0 Å². The van der Waals surface area contributed by atoms with Crippen molar-refractivity contribution in [2.24, 2.45) is 5.73 Å². The van der Waals surface area contributed by atoms with Crippen molar-refractivity contribution in [3.63, 3.8) is 0 Å². The highest BCUT2D eigenvalue weighted by Gasteiger charge is 2.05. The number of amides is 2. The van der Waals surface area contributed by atoms with Crippen LogP contribution in [0.2, 0.25) is 0 Å². The molecule has 0 radical (unpaired) electrons. The van der Waals surface area contributed by atoms with Gasteiger partial charge in [-0.3, -0.25) is 4.98 Å². The average Bonchev–Trinajstić information content (AvgIpc) is 2.48. The number of carbonyl (C=O) groups is 1. The Morgan fingerprint density at radius 3 is 2.48 bits per heavy atom. The molecular formula is C16H20N4O. The highest BCUT2D eigenvalue weighted by atomic mass is 16.2. The van der Waals surface area contributed by atoms with Crippen molar-refractivity contribution in [1.82, 2.24) is 10.3 Å². The molecule has 1 aromatic carbocycles. The lowest BCUT2D eigenvalue weighted by atomic mass is 10.1. The first-order valence-corrected chi connectivity index (χ1v) is 6.94. The van der Waals surface area contributed by atoms with E-state index in [4.69, 9.17) is 5.73 Å². The summed E-state index contributed by atoms with van der Waals surface area (Å²) in [6.07, 6.45) is 4.58. The Kier molecular flexibility index (Phi) is 5.29. The van der Waals surface area contributed by atoms with Crippen molar-refractivity contribution in [1.29, 1.82) is 0 Å². The van der Waals surface area contributed by atoms with Crippen molar-refractivity contribution < 1.29 is 4.79 Å². The number of aromatic nitrogens is 1. The monoisotopic (exact) mass is 284 g/mol. The summed E-state index contributed by atoms with van der Waals surface area (Å²) in [6.45, 7) is 3.01. The topological polar surface area (TPSA) is 80.0 Å². The number of hydrogen-bond acceptors (Lipinski definition) is 3. The van der Waals surface area contributed by atoms with Crippen LogP contribution >= 0.6 is 0 Å². The minimum atomic E-state index is -0.550. The molecule has 0 spiro atoms. The van der Waals surface area contributed by atoms with E-state index >= 15 is 0 Å². The van der Waals surface area contributed by atoms with Crippen LogP contribution in [-0.2, 0) is 6.42 Å². The highest BCUT2D eigenvalue weighted by Crippen LogP contribution is 2.16. The summed E-state index contributed by atoms with van der Waals surface area (Å²) >= 11 is 0. The van der Waals surface area contributed by atoms with Crippen molar-refractivity contribution in [2.75, 3.05) is 11.9 Å². The van der Waals surface area contributed by atoms with Crippen molar-refractivity contribution in [3.8, 4) is 0 Å². The van der Waals surface area contributed by atoms with Gasteiger partial charge in [-0.25, -0.2) is 4.79 Å². The second-order valence-corrected chi connectivity index (χ2v) is 4.89. The molecule has 2 rings (SSSR count). The number of pyridine rings is 1. The Morgan fingerprint density at radius 1 is 1.19 bits per heavy atom. The second-order valence-electron chi connectivity index (χ2n) is 4.89. The van der Waals surface area contributed by atoms with E-state index in [9.17, 15) is 4.79 Å². The Labute approximate surface area is 124 Å². The molecule has 110 valence electrons. The first-order chi connectivity index (χ1) is 10.1. The molecule has 5 nitrogen and oxygen atoms in total. The minimum absolute atomic E-state index is 0.245. The molecule has 0 bridgehead atoms. The number of nitrogens with one attached hydrogen (secondary N) is 2. The quantitative estimate of drug-likeness (QED) is 0.762. The third kappa shape index (κ3) is 4.89. The van der Waals surface area contributed by atoms with E-state index < -0.39 is 6.03 Å². The molecule has 5 heteroatoms. The van der Waals surface area contributed by atoms with Crippen LogP contribution in [0.15, 0.2) is 48.8 Å². The molecule has 1 aromatic heterocycles. The third-order valence-corrected chi connectivity index (χ3v) is 3.29. The zero-order valence-corrected chi connectivity index (χ0v) is 12.0. The molecule has 4 N–H and O–H groups in total. The number of primary amides is 1. The van der Waals surface area contributed by atoms with Crippen molar-refractivity contribution in [3.05, 3.63) is 59.9 Å². The number of carbonyl (C=O) groups excluding carboxylic acids is 1. The van der Waals surface area contributed by atoms with Gasteiger partial charge in [0.1, 0.15) is 0 Å². The summed E-state index contributed by atoms with van der Waals surface area (Å²) in [7, 11) is 0. The largest absolute Gasteiger partial charge is 0.351 e. The van der Waals surface area contributed by atoms with Crippen molar-refractivity contribution in [2.45, 2.75) is 19.4 Å². The maximum absolute atomic E-state index is 10.8. The van der Waals surface area contributed by atoms with Crippen molar-refractivity contribution >= 4 is 11.7 Å². The fraction of sp³-hybridized carbons (Fsp3) is 0.250. The van der Waals surface area contributed by atoms with Gasteiger partial charge < -0.3 is 16.4 Å². The molecule has 0 saturated carbocycles. The zero-order chi connectivity index (χ0) is 15.1. The Morgan fingerprint density at radius 2 is 1.86 bits per heavy atom. The van der Waals surface area contributed by atoms with Crippen LogP contribution in [-0.4, -0.2) is 17.6 Å². The fourth-order valence-corrected chi connectivity index (χ4v) is 2.10. The lowest BCUT2D eigenvalue weighted by Crippen LogP contribution is -2.21. The van der Waals surface area contributed by atoms with E-state index in [0.717, 1.165) is 13.0 Å². The number of urea groups is 1. The lowest BCUT2D eigenvalue weighted by molar-refractivity contribution is 0.259. The number of hydrogen-bond donors (Lipinski definition) is 3. The van der Waals surface area contributed by atoms with E-state index in [1.54, 1.807) is 0 Å². The molecule has 2 aromatic rings. The van der Waals surface area contributed by atoms with Crippen LogP contribution < -0.4 is 16.4 Å². The van der Waals surface area contributed by atoms with Gasteiger partial charge in [-0.2, -0.15) is 0 Å². The van der Waals surface area contributed by atoms with Crippen LogP contribution in [0.4, 0.5) is 10.5 Å². The molecule has 21 heavy (non-hydrogen) atoms. The number of benzene rings is 1. The molecule has 2 amide bonds. The minimum Gasteiger partial charge on any atom is -0.351 e. The van der Waals surface area contributed by atoms with Gasteiger partial charge in [-0.05, 0) is 55.3 Å². The Hall–Kier alpha value is -2.40. The van der Waals surface area contributed by atoms with E-state index in [1.807, 2.05) is 48.8 Å². The summed E-state index contributed by atoms with van der Waals surface area (Å²) in [5.74, 6) is 0. The lowest BCUT2D eigenvalue weighted by Gasteiger charge is -2.15. The molecule has 0 saturated heterocycles. The van der Waals surface area contributed by atoms with E-state index in [-0.39, 0.29) is 6.04 Å². The SMILES string of the molecule is CC(NCCc1ccncc1)c1ccc(NC(N)=O)cc1. The normalized spacial score (nSPS) is 11.9. The second kappa shape index (κ2) is 7.40. The summed E-state index contributed by atoms with van der Waals surface area (Å²) < 4.78 is 0. The van der Waals surface area contributed by atoms with Crippen LogP contribution in [0.5, 0.6) is 0 Å². The fourth-order valence-electron chi connectivity index (χ4n) is 2.10. The molecule has 0 fully saturated rings. The summed E-state index contributed by atoms with van der Waals surface area (Å²) in [4.78, 5) is 14.8.